The van der Waals surface area contributed by atoms with Crippen LogP contribution in [-0.4, -0.2) is 22.9 Å². The summed E-state index contributed by atoms with van der Waals surface area (Å²) in [6.07, 6.45) is 12.8. The molecular weight excluding hydrogens is 392 g/mol. The second-order valence-electron chi connectivity index (χ2n) is 14.5. The fourth-order valence-electron chi connectivity index (χ4n) is 10.9. The van der Waals surface area contributed by atoms with Crippen LogP contribution in [-0.2, 0) is 4.74 Å². The summed E-state index contributed by atoms with van der Waals surface area (Å²) in [4.78, 5) is 0. The van der Waals surface area contributed by atoms with E-state index in [9.17, 15) is 5.11 Å². The molecule has 0 bridgehead atoms. The lowest BCUT2D eigenvalue weighted by molar-refractivity contribution is -0.225. The van der Waals surface area contributed by atoms with Gasteiger partial charge in [0.2, 0.25) is 0 Å². The average molecular weight is 443 g/mol. The molecule has 0 aromatic heterocycles. The van der Waals surface area contributed by atoms with E-state index >= 15 is 0 Å². The zero-order chi connectivity index (χ0) is 23.3. The van der Waals surface area contributed by atoms with E-state index in [1.165, 1.54) is 56.9 Å². The summed E-state index contributed by atoms with van der Waals surface area (Å²) in [5.74, 6) is 2.94. The van der Waals surface area contributed by atoms with E-state index in [2.05, 4.69) is 55.0 Å². The molecule has 0 unspecified atom stereocenters. The SMILES string of the molecule is C=C(C)[C@@H]1CC[C@@](C)([C@H]2CC[C@]3(C)[C@@H]2CC[C@@H]2[C@@]4(C)CC[C@@H](O)C(C)(C)[C@@H]4CC[C@]23C)O1. The summed E-state index contributed by atoms with van der Waals surface area (Å²) in [7, 11) is 0. The van der Waals surface area contributed by atoms with Crippen molar-refractivity contribution < 1.29 is 9.84 Å². The van der Waals surface area contributed by atoms with Crippen LogP contribution in [0.5, 0.6) is 0 Å². The lowest BCUT2D eigenvalue weighted by Crippen LogP contribution is -2.64. The third-order valence-corrected chi connectivity index (χ3v) is 13.0. The summed E-state index contributed by atoms with van der Waals surface area (Å²) in [5, 5.41) is 10.9. The lowest BCUT2D eigenvalue weighted by atomic mass is 9.35. The van der Waals surface area contributed by atoms with Gasteiger partial charge in [0.05, 0.1) is 17.8 Å². The smallest absolute Gasteiger partial charge is 0.0788 e. The molecule has 0 aromatic carbocycles. The van der Waals surface area contributed by atoms with Crippen molar-refractivity contribution in [3.63, 3.8) is 0 Å². The Bertz CT molecular complexity index is 786. The van der Waals surface area contributed by atoms with Gasteiger partial charge in [-0.25, -0.2) is 0 Å². The van der Waals surface area contributed by atoms with Crippen LogP contribution in [0.15, 0.2) is 12.2 Å². The molecule has 4 aliphatic carbocycles. The first kappa shape index (κ1) is 23.4. The second kappa shape index (κ2) is 7.09. The molecule has 0 spiro atoms. The fraction of sp³-hybridized carbons (Fsp3) is 0.933. The van der Waals surface area contributed by atoms with Gasteiger partial charge in [-0.1, -0.05) is 46.8 Å². The van der Waals surface area contributed by atoms with Gasteiger partial charge in [0.25, 0.3) is 0 Å². The van der Waals surface area contributed by atoms with E-state index < -0.39 is 0 Å². The normalized spacial score (nSPS) is 56.9. The molecule has 10 atom stereocenters. The fourth-order valence-corrected chi connectivity index (χ4v) is 10.9. The highest BCUT2D eigenvalue weighted by Gasteiger charge is 2.69. The van der Waals surface area contributed by atoms with Crippen molar-refractivity contribution >= 4 is 0 Å². The maximum atomic E-state index is 10.9. The molecule has 0 aromatic rings. The van der Waals surface area contributed by atoms with Crippen LogP contribution in [0.25, 0.3) is 0 Å². The molecule has 1 heterocycles. The molecule has 1 saturated heterocycles. The second-order valence-corrected chi connectivity index (χ2v) is 14.5. The summed E-state index contributed by atoms with van der Waals surface area (Å²) in [6, 6.07) is 0. The van der Waals surface area contributed by atoms with Gasteiger partial charge in [-0.3, -0.25) is 0 Å². The Balaban J connectivity index is 1.45. The van der Waals surface area contributed by atoms with Crippen LogP contribution in [0.2, 0.25) is 0 Å². The summed E-state index contributed by atoms with van der Waals surface area (Å²) in [6.45, 7) is 21.5. The van der Waals surface area contributed by atoms with Gasteiger partial charge in [0, 0.05) is 0 Å². The van der Waals surface area contributed by atoms with E-state index in [-0.39, 0.29) is 23.2 Å². The van der Waals surface area contributed by atoms with Crippen molar-refractivity contribution in [2.75, 3.05) is 0 Å². The molecule has 5 fully saturated rings. The standard InChI is InChI=1S/C30H50O2/c1-19(2)22-12-18-30(8,32-22)21-11-16-28(6)20(21)9-10-24-27(5)15-14-25(31)26(3,4)23(27)13-17-29(24,28)7/h20-25,31H,1,9-18H2,2-8H3/t20-,21+,22+,23+,24-,25-,27+,28-,29-,30+/m1/s1. The molecule has 5 aliphatic rings. The zero-order valence-electron chi connectivity index (χ0n) is 22.1. The maximum absolute atomic E-state index is 10.9. The number of aliphatic hydroxyl groups is 1. The van der Waals surface area contributed by atoms with Crippen LogP contribution in [0.3, 0.4) is 0 Å². The number of fused-ring (bicyclic) bond motifs is 5. The minimum absolute atomic E-state index is 0.0350. The van der Waals surface area contributed by atoms with Gasteiger partial charge in [-0.05, 0) is 123 Å². The van der Waals surface area contributed by atoms with E-state index in [1.54, 1.807) is 0 Å². The number of rotatable bonds is 2. The number of aliphatic hydroxyl groups excluding tert-OH is 1. The summed E-state index contributed by atoms with van der Waals surface area (Å²) in [5.41, 5.74) is 2.50. The van der Waals surface area contributed by atoms with Crippen LogP contribution in [0.4, 0.5) is 0 Å². The minimum atomic E-state index is -0.131. The average Bonchev–Trinajstić information content (AvgIpc) is 3.28. The molecule has 2 nitrogen and oxygen atoms in total. The van der Waals surface area contributed by atoms with E-state index in [1.807, 2.05) is 0 Å². The van der Waals surface area contributed by atoms with E-state index in [0.717, 1.165) is 24.7 Å². The van der Waals surface area contributed by atoms with E-state index in [0.29, 0.717) is 28.1 Å². The molecule has 5 rings (SSSR count). The largest absolute Gasteiger partial charge is 0.393 e. The molecule has 0 radical (unpaired) electrons. The van der Waals surface area contributed by atoms with Gasteiger partial charge < -0.3 is 9.84 Å². The monoisotopic (exact) mass is 442 g/mol. The Labute approximate surface area is 198 Å². The van der Waals surface area contributed by atoms with Crippen molar-refractivity contribution in [2.24, 2.45) is 45.3 Å². The highest BCUT2D eigenvalue weighted by atomic mass is 16.5. The Morgan fingerprint density at radius 2 is 1.44 bits per heavy atom. The van der Waals surface area contributed by atoms with Crippen LogP contribution in [0.1, 0.15) is 113 Å². The van der Waals surface area contributed by atoms with Crippen LogP contribution in [0, 0.1) is 45.3 Å². The first-order valence-corrected chi connectivity index (χ1v) is 13.8. The Hall–Kier alpha value is -0.340. The van der Waals surface area contributed by atoms with Crippen molar-refractivity contribution in [2.45, 2.75) is 130 Å². The molecule has 1 N–H and O–H groups in total. The molecule has 182 valence electrons. The van der Waals surface area contributed by atoms with Crippen LogP contribution >= 0.6 is 0 Å². The third-order valence-electron chi connectivity index (χ3n) is 13.0. The van der Waals surface area contributed by atoms with Gasteiger partial charge >= 0.3 is 0 Å². The quantitative estimate of drug-likeness (QED) is 0.447. The topological polar surface area (TPSA) is 29.5 Å². The molecule has 4 saturated carbocycles. The number of hydrogen-bond donors (Lipinski definition) is 1. The van der Waals surface area contributed by atoms with Crippen molar-refractivity contribution in [3.05, 3.63) is 12.2 Å². The molecular formula is C30H50O2. The Morgan fingerprint density at radius 1 is 0.750 bits per heavy atom. The first-order chi connectivity index (χ1) is 14.8. The molecule has 32 heavy (non-hydrogen) atoms. The molecule has 2 heteroatoms. The number of hydrogen-bond acceptors (Lipinski definition) is 2. The first-order valence-electron chi connectivity index (χ1n) is 13.8. The van der Waals surface area contributed by atoms with E-state index in [4.69, 9.17) is 4.74 Å². The third kappa shape index (κ3) is 2.84. The summed E-state index contributed by atoms with van der Waals surface area (Å²) >= 11 is 0. The van der Waals surface area contributed by atoms with Crippen molar-refractivity contribution in [1.82, 2.24) is 0 Å². The van der Waals surface area contributed by atoms with Crippen molar-refractivity contribution in [1.29, 1.82) is 0 Å². The molecule has 1 aliphatic heterocycles. The summed E-state index contributed by atoms with van der Waals surface area (Å²) < 4.78 is 6.77. The Kier molecular flexibility index (Phi) is 5.19. The van der Waals surface area contributed by atoms with Gasteiger partial charge in [0.1, 0.15) is 0 Å². The minimum Gasteiger partial charge on any atom is -0.393 e. The molecule has 0 amide bonds. The number of ether oxygens (including phenoxy) is 1. The van der Waals surface area contributed by atoms with Gasteiger partial charge in [0.15, 0.2) is 0 Å². The van der Waals surface area contributed by atoms with Gasteiger partial charge in [-0.15, -0.1) is 0 Å². The lowest BCUT2D eigenvalue weighted by Gasteiger charge is -2.70. The van der Waals surface area contributed by atoms with Crippen molar-refractivity contribution in [3.8, 4) is 0 Å². The predicted molar refractivity (Wildman–Crippen MR) is 132 cm³/mol. The predicted octanol–water partition coefficient (Wildman–Crippen LogP) is 7.55. The zero-order valence-corrected chi connectivity index (χ0v) is 22.1. The van der Waals surface area contributed by atoms with Gasteiger partial charge in [-0.2, -0.15) is 0 Å². The highest BCUT2D eigenvalue weighted by Crippen LogP contribution is 2.76. The Morgan fingerprint density at radius 3 is 2.09 bits per heavy atom. The maximum Gasteiger partial charge on any atom is 0.0788 e. The highest BCUT2D eigenvalue weighted by molar-refractivity contribution is 5.19. The van der Waals surface area contributed by atoms with Crippen LogP contribution < -0.4 is 0 Å².